The molecule has 1 heterocycles. The average Bonchev–Trinajstić information content (AvgIpc) is 2.68. The quantitative estimate of drug-likeness (QED) is 0.535. The Hall–Kier alpha value is -0.660. The van der Waals surface area contributed by atoms with Crippen molar-refractivity contribution in [2.75, 3.05) is 31.9 Å². The summed E-state index contributed by atoms with van der Waals surface area (Å²) in [4.78, 5) is 11.8. The van der Waals surface area contributed by atoms with E-state index in [1.54, 1.807) is 0 Å². The van der Waals surface area contributed by atoms with Crippen LogP contribution in [0.15, 0.2) is 0 Å². The minimum Gasteiger partial charge on any atom is -0.355 e. The van der Waals surface area contributed by atoms with Gasteiger partial charge in [0.1, 0.15) is 0 Å². The second-order valence-electron chi connectivity index (χ2n) is 6.31. The third-order valence-corrected chi connectivity index (χ3v) is 6.48. The molecular formula is C15H29N3O3S. The Morgan fingerprint density at radius 2 is 1.77 bits per heavy atom. The summed E-state index contributed by atoms with van der Waals surface area (Å²) in [6, 6.07) is 0.592. The highest BCUT2D eigenvalue weighted by atomic mass is 32.2. The van der Waals surface area contributed by atoms with E-state index in [2.05, 4.69) is 10.6 Å². The normalized spacial score (nSPS) is 23.3. The van der Waals surface area contributed by atoms with Gasteiger partial charge in [0, 0.05) is 38.6 Å². The molecule has 1 aliphatic heterocycles. The van der Waals surface area contributed by atoms with Crippen LogP contribution in [0, 0.1) is 0 Å². The summed E-state index contributed by atoms with van der Waals surface area (Å²) in [6.07, 6.45) is 8.69. The summed E-state index contributed by atoms with van der Waals surface area (Å²) in [5.41, 5.74) is 0. The maximum Gasteiger partial charge on any atom is 0.221 e. The molecule has 0 aromatic heterocycles. The van der Waals surface area contributed by atoms with Crippen molar-refractivity contribution in [1.29, 1.82) is 0 Å². The van der Waals surface area contributed by atoms with Gasteiger partial charge in [0.05, 0.1) is 5.75 Å². The van der Waals surface area contributed by atoms with Gasteiger partial charge in [-0.3, -0.25) is 4.79 Å². The van der Waals surface area contributed by atoms with Crippen LogP contribution in [-0.4, -0.2) is 56.6 Å². The minimum absolute atomic E-state index is 0.0650. The van der Waals surface area contributed by atoms with Gasteiger partial charge >= 0.3 is 0 Å². The molecule has 2 N–H and O–H groups in total. The monoisotopic (exact) mass is 331 g/mol. The zero-order valence-corrected chi connectivity index (χ0v) is 14.2. The van der Waals surface area contributed by atoms with E-state index in [9.17, 15) is 13.2 Å². The Labute approximate surface area is 134 Å². The van der Waals surface area contributed by atoms with E-state index in [-0.39, 0.29) is 18.1 Å². The highest BCUT2D eigenvalue weighted by molar-refractivity contribution is 7.89. The molecule has 0 bridgehead atoms. The fraction of sp³-hybridized carbons (Fsp3) is 0.933. The van der Waals surface area contributed by atoms with Crippen LogP contribution in [0.5, 0.6) is 0 Å². The van der Waals surface area contributed by atoms with E-state index in [0.29, 0.717) is 32.1 Å². The molecule has 0 radical (unpaired) electrons. The summed E-state index contributed by atoms with van der Waals surface area (Å²) < 4.78 is 24.7. The molecule has 0 aromatic carbocycles. The zero-order valence-electron chi connectivity index (χ0n) is 13.3. The molecule has 2 rings (SSSR count). The van der Waals surface area contributed by atoms with E-state index in [1.807, 2.05) is 0 Å². The van der Waals surface area contributed by atoms with Crippen LogP contribution < -0.4 is 10.6 Å². The first-order chi connectivity index (χ1) is 10.6. The molecule has 6 nitrogen and oxygen atoms in total. The Balaban J connectivity index is 1.54. The summed E-state index contributed by atoms with van der Waals surface area (Å²) in [5, 5.41) is 6.37. The summed E-state index contributed by atoms with van der Waals surface area (Å²) in [7, 11) is -3.08. The van der Waals surface area contributed by atoms with Crippen molar-refractivity contribution < 1.29 is 13.2 Å². The maximum atomic E-state index is 11.8. The number of sulfonamides is 1. The number of carbonyl (C=O) groups is 1. The summed E-state index contributed by atoms with van der Waals surface area (Å²) in [6.45, 7) is 2.27. The number of hydrogen-bond acceptors (Lipinski definition) is 4. The molecule has 1 saturated carbocycles. The Kier molecular flexibility index (Phi) is 7.11. The number of rotatable bonds is 7. The molecule has 128 valence electrons. The predicted octanol–water partition coefficient (Wildman–Crippen LogP) is 0.841. The number of amides is 1. The van der Waals surface area contributed by atoms with Gasteiger partial charge in [0.15, 0.2) is 0 Å². The second kappa shape index (κ2) is 8.84. The molecule has 1 aliphatic carbocycles. The number of nitrogens with zero attached hydrogens (tertiary/aromatic N) is 1. The van der Waals surface area contributed by atoms with Crippen LogP contribution in [0.4, 0.5) is 0 Å². The Morgan fingerprint density at radius 1 is 1.05 bits per heavy atom. The predicted molar refractivity (Wildman–Crippen MR) is 87.1 cm³/mol. The lowest BCUT2D eigenvalue weighted by Crippen LogP contribution is -2.38. The van der Waals surface area contributed by atoms with Crippen LogP contribution >= 0.6 is 0 Å². The zero-order chi connectivity index (χ0) is 15.8. The first kappa shape index (κ1) is 17.7. The molecular weight excluding hydrogens is 302 g/mol. The Bertz CT molecular complexity index is 445. The van der Waals surface area contributed by atoms with Crippen LogP contribution in [-0.2, 0) is 14.8 Å². The molecule has 1 amide bonds. The molecule has 2 fully saturated rings. The van der Waals surface area contributed by atoms with Gasteiger partial charge in [-0.05, 0) is 19.3 Å². The summed E-state index contributed by atoms with van der Waals surface area (Å²) in [5.74, 6) is 0.157. The number of carbonyl (C=O) groups excluding carboxylic acids is 1. The highest BCUT2D eigenvalue weighted by Gasteiger charge is 2.28. The fourth-order valence-electron chi connectivity index (χ4n) is 3.22. The SMILES string of the molecule is O=C(CCN1CCCS1(=O)=O)NCCNC1CCCCCC1. The average molecular weight is 331 g/mol. The standard InChI is InChI=1S/C15H29N3O3S/c19-15(8-12-18-11-5-13-22(18,20)21)17-10-9-16-14-6-3-1-2-4-7-14/h14,16H,1-13H2,(H,17,19). The van der Waals surface area contributed by atoms with Gasteiger partial charge in [-0.25, -0.2) is 12.7 Å². The number of hydrogen-bond donors (Lipinski definition) is 2. The highest BCUT2D eigenvalue weighted by Crippen LogP contribution is 2.16. The number of nitrogens with one attached hydrogen (secondary N) is 2. The van der Waals surface area contributed by atoms with Crippen molar-refractivity contribution in [2.45, 2.75) is 57.4 Å². The van der Waals surface area contributed by atoms with Gasteiger partial charge in [-0.2, -0.15) is 0 Å². The van der Waals surface area contributed by atoms with Crippen molar-refractivity contribution in [2.24, 2.45) is 0 Å². The van der Waals surface area contributed by atoms with Crippen molar-refractivity contribution in [1.82, 2.24) is 14.9 Å². The maximum absolute atomic E-state index is 11.8. The third kappa shape index (κ3) is 5.85. The molecule has 0 spiro atoms. The van der Waals surface area contributed by atoms with E-state index in [4.69, 9.17) is 0 Å². The van der Waals surface area contributed by atoms with E-state index >= 15 is 0 Å². The fourth-order valence-corrected chi connectivity index (χ4v) is 4.75. The van der Waals surface area contributed by atoms with Gasteiger partial charge in [0.2, 0.25) is 15.9 Å². The van der Waals surface area contributed by atoms with Crippen LogP contribution in [0.25, 0.3) is 0 Å². The van der Waals surface area contributed by atoms with E-state index < -0.39 is 10.0 Å². The molecule has 22 heavy (non-hydrogen) atoms. The van der Waals surface area contributed by atoms with Gasteiger partial charge in [-0.15, -0.1) is 0 Å². The molecule has 0 unspecified atom stereocenters. The van der Waals surface area contributed by atoms with Crippen molar-refractivity contribution in [3.8, 4) is 0 Å². The first-order valence-corrected chi connectivity index (χ1v) is 10.2. The van der Waals surface area contributed by atoms with Crippen LogP contribution in [0.3, 0.4) is 0 Å². The molecule has 1 saturated heterocycles. The third-order valence-electron chi connectivity index (χ3n) is 4.53. The van der Waals surface area contributed by atoms with Crippen LogP contribution in [0.1, 0.15) is 51.4 Å². The van der Waals surface area contributed by atoms with Crippen molar-refractivity contribution >= 4 is 15.9 Å². The smallest absolute Gasteiger partial charge is 0.221 e. The van der Waals surface area contributed by atoms with Crippen LogP contribution in [0.2, 0.25) is 0 Å². The summed E-state index contributed by atoms with van der Waals surface area (Å²) >= 11 is 0. The van der Waals surface area contributed by atoms with E-state index in [0.717, 1.165) is 6.54 Å². The van der Waals surface area contributed by atoms with Gasteiger partial charge in [-0.1, -0.05) is 25.7 Å². The van der Waals surface area contributed by atoms with E-state index in [1.165, 1.54) is 42.8 Å². The lowest BCUT2D eigenvalue weighted by atomic mass is 10.1. The molecule has 0 aromatic rings. The lowest BCUT2D eigenvalue weighted by Gasteiger charge is -2.17. The minimum atomic E-state index is -3.08. The topological polar surface area (TPSA) is 78.5 Å². The molecule has 0 atom stereocenters. The molecule has 7 heteroatoms. The van der Waals surface area contributed by atoms with Crippen molar-refractivity contribution in [3.63, 3.8) is 0 Å². The molecule has 2 aliphatic rings. The van der Waals surface area contributed by atoms with Crippen molar-refractivity contribution in [3.05, 3.63) is 0 Å². The van der Waals surface area contributed by atoms with Gasteiger partial charge < -0.3 is 10.6 Å². The first-order valence-electron chi connectivity index (χ1n) is 8.56. The second-order valence-corrected chi connectivity index (χ2v) is 8.40. The van der Waals surface area contributed by atoms with Gasteiger partial charge in [0.25, 0.3) is 0 Å². The lowest BCUT2D eigenvalue weighted by molar-refractivity contribution is -0.121. The largest absolute Gasteiger partial charge is 0.355 e. The Morgan fingerprint density at radius 3 is 2.41 bits per heavy atom.